The van der Waals surface area contributed by atoms with Crippen molar-refractivity contribution in [1.82, 2.24) is 25.1 Å². The Kier molecular flexibility index (Phi) is 3.57. The zero-order valence-electron chi connectivity index (χ0n) is 13.4. The normalized spacial score (nSPS) is 20.8. The first-order chi connectivity index (χ1) is 11.6. The largest absolute Gasteiger partial charge is 0.391 e. The molecule has 4 rings (SSSR count). The lowest BCUT2D eigenvalue weighted by molar-refractivity contribution is 0.0759. The smallest absolute Gasteiger partial charge is 0.272 e. The van der Waals surface area contributed by atoms with Crippen LogP contribution in [0.3, 0.4) is 0 Å². The van der Waals surface area contributed by atoms with Crippen LogP contribution in [0.25, 0.3) is 11.0 Å². The third-order valence-electron chi connectivity index (χ3n) is 4.55. The average molecular weight is 325 g/mol. The highest BCUT2D eigenvalue weighted by atomic mass is 16.3. The van der Waals surface area contributed by atoms with Gasteiger partial charge in [-0.05, 0) is 37.6 Å². The van der Waals surface area contributed by atoms with E-state index in [1.165, 1.54) is 0 Å². The van der Waals surface area contributed by atoms with Gasteiger partial charge in [0, 0.05) is 36.3 Å². The van der Waals surface area contributed by atoms with Crippen molar-refractivity contribution in [3.63, 3.8) is 0 Å². The standard InChI is InChI=1S/C17H19N5O2/c1-10-6-13(21-20-10)7-12-8-22(9-15(12)23)17(24)14-3-2-11-4-5-18-16(11)19-14/h2-6,12,15,23H,7-9H2,1H3,(H,18,19)(H,20,21)/t12-,15+/m1/s1. The predicted octanol–water partition coefficient (Wildman–Crippen LogP) is 1.27. The number of amides is 1. The summed E-state index contributed by atoms with van der Waals surface area (Å²) in [7, 11) is 0. The Bertz CT molecular complexity index is 884. The zero-order chi connectivity index (χ0) is 16.7. The number of likely N-dealkylation sites (tertiary alicyclic amines) is 1. The third kappa shape index (κ3) is 2.67. The van der Waals surface area contributed by atoms with Crippen molar-refractivity contribution in [2.45, 2.75) is 19.4 Å². The Labute approximate surface area is 138 Å². The molecule has 0 spiro atoms. The number of rotatable bonds is 3. The number of aliphatic hydroxyl groups excluding tert-OH is 1. The van der Waals surface area contributed by atoms with Crippen molar-refractivity contribution in [3.05, 3.63) is 47.5 Å². The minimum atomic E-state index is -0.542. The van der Waals surface area contributed by atoms with Crippen molar-refractivity contribution in [2.24, 2.45) is 5.92 Å². The lowest BCUT2D eigenvalue weighted by atomic mass is 10.0. The van der Waals surface area contributed by atoms with Gasteiger partial charge in [0.2, 0.25) is 0 Å². The molecule has 1 amide bonds. The summed E-state index contributed by atoms with van der Waals surface area (Å²) in [5.41, 5.74) is 3.00. The second kappa shape index (κ2) is 5.76. The quantitative estimate of drug-likeness (QED) is 0.675. The number of pyridine rings is 1. The van der Waals surface area contributed by atoms with Gasteiger partial charge >= 0.3 is 0 Å². The number of hydrogen-bond acceptors (Lipinski definition) is 4. The Morgan fingerprint density at radius 3 is 3.04 bits per heavy atom. The molecule has 1 aliphatic rings. The molecule has 3 aromatic heterocycles. The van der Waals surface area contributed by atoms with E-state index in [-0.39, 0.29) is 11.8 Å². The number of aliphatic hydroxyl groups is 1. The Morgan fingerprint density at radius 1 is 1.38 bits per heavy atom. The van der Waals surface area contributed by atoms with Crippen LogP contribution in [-0.2, 0) is 6.42 Å². The second-order valence-corrected chi connectivity index (χ2v) is 6.40. The first-order valence-electron chi connectivity index (χ1n) is 8.02. The van der Waals surface area contributed by atoms with Gasteiger partial charge in [-0.15, -0.1) is 0 Å². The van der Waals surface area contributed by atoms with Crippen LogP contribution < -0.4 is 0 Å². The van der Waals surface area contributed by atoms with E-state index >= 15 is 0 Å². The van der Waals surface area contributed by atoms with Crippen molar-refractivity contribution in [3.8, 4) is 0 Å². The van der Waals surface area contributed by atoms with Crippen molar-refractivity contribution in [1.29, 1.82) is 0 Å². The van der Waals surface area contributed by atoms with Crippen molar-refractivity contribution < 1.29 is 9.90 Å². The van der Waals surface area contributed by atoms with E-state index in [0.717, 1.165) is 16.8 Å². The van der Waals surface area contributed by atoms with Crippen molar-refractivity contribution >= 4 is 16.9 Å². The number of H-pyrrole nitrogens is 2. The molecule has 7 heteroatoms. The summed E-state index contributed by atoms with van der Waals surface area (Å²) in [6, 6.07) is 7.49. The van der Waals surface area contributed by atoms with Gasteiger partial charge in [-0.2, -0.15) is 5.10 Å². The molecule has 4 heterocycles. The Morgan fingerprint density at radius 2 is 2.25 bits per heavy atom. The highest BCUT2D eigenvalue weighted by Crippen LogP contribution is 2.23. The monoisotopic (exact) mass is 325 g/mol. The first kappa shape index (κ1) is 14.9. The SMILES string of the molecule is Cc1cc(C[C@@H]2CN(C(=O)c3ccc4cc[nH]c4n3)C[C@@H]2O)n[nH]1. The fraction of sp³-hybridized carbons (Fsp3) is 0.353. The van der Waals surface area contributed by atoms with E-state index in [0.29, 0.717) is 30.9 Å². The average Bonchev–Trinajstić information content (AvgIpc) is 3.27. The van der Waals surface area contributed by atoms with E-state index in [2.05, 4.69) is 20.2 Å². The number of carbonyl (C=O) groups excluding carboxylic acids is 1. The molecule has 24 heavy (non-hydrogen) atoms. The van der Waals surface area contributed by atoms with Crippen LogP contribution in [0.4, 0.5) is 0 Å². The summed E-state index contributed by atoms with van der Waals surface area (Å²) in [5, 5.41) is 18.4. The van der Waals surface area contributed by atoms with Gasteiger partial charge < -0.3 is 15.0 Å². The van der Waals surface area contributed by atoms with Gasteiger partial charge in [-0.3, -0.25) is 9.89 Å². The fourth-order valence-corrected chi connectivity index (χ4v) is 3.28. The topological polar surface area (TPSA) is 97.9 Å². The Hall–Kier alpha value is -2.67. The number of aryl methyl sites for hydroxylation is 1. The summed E-state index contributed by atoms with van der Waals surface area (Å²) in [6.07, 6.45) is 1.91. The molecular weight excluding hydrogens is 306 g/mol. The fourth-order valence-electron chi connectivity index (χ4n) is 3.28. The predicted molar refractivity (Wildman–Crippen MR) is 88.5 cm³/mol. The van der Waals surface area contributed by atoms with Crippen LogP contribution in [0, 0.1) is 12.8 Å². The maximum absolute atomic E-state index is 12.7. The molecule has 0 bridgehead atoms. The van der Waals surface area contributed by atoms with E-state index < -0.39 is 6.10 Å². The highest BCUT2D eigenvalue weighted by molar-refractivity contribution is 5.94. The molecule has 3 N–H and O–H groups in total. The van der Waals surface area contributed by atoms with Crippen LogP contribution in [0.2, 0.25) is 0 Å². The first-order valence-corrected chi connectivity index (χ1v) is 8.02. The van der Waals surface area contributed by atoms with E-state index in [9.17, 15) is 9.90 Å². The summed E-state index contributed by atoms with van der Waals surface area (Å²) in [5.74, 6) is -0.155. The number of fused-ring (bicyclic) bond motifs is 1. The van der Waals surface area contributed by atoms with Crippen LogP contribution in [0.15, 0.2) is 30.5 Å². The van der Waals surface area contributed by atoms with Gasteiger partial charge in [-0.1, -0.05) is 0 Å². The molecule has 124 valence electrons. The van der Waals surface area contributed by atoms with Crippen LogP contribution in [0.5, 0.6) is 0 Å². The molecule has 1 fully saturated rings. The number of nitrogens with zero attached hydrogens (tertiary/aromatic N) is 3. The summed E-state index contributed by atoms with van der Waals surface area (Å²) < 4.78 is 0. The minimum absolute atomic E-state index is 0.00845. The number of carbonyl (C=O) groups is 1. The molecule has 0 saturated carbocycles. The number of β-amino-alcohol motifs (C(OH)–C–C–N with tert-alkyl or cyclic N) is 1. The number of aromatic amines is 2. The molecular formula is C17H19N5O2. The zero-order valence-corrected chi connectivity index (χ0v) is 13.4. The third-order valence-corrected chi connectivity index (χ3v) is 4.55. The Balaban J connectivity index is 1.49. The molecule has 1 aliphatic heterocycles. The van der Waals surface area contributed by atoms with Gasteiger partial charge in [0.15, 0.2) is 0 Å². The lowest BCUT2D eigenvalue weighted by Gasteiger charge is -2.15. The summed E-state index contributed by atoms with van der Waals surface area (Å²) >= 11 is 0. The molecule has 7 nitrogen and oxygen atoms in total. The minimum Gasteiger partial charge on any atom is -0.391 e. The molecule has 0 radical (unpaired) electrons. The maximum atomic E-state index is 12.7. The second-order valence-electron chi connectivity index (χ2n) is 6.40. The molecule has 0 unspecified atom stereocenters. The van der Waals surface area contributed by atoms with E-state index in [1.807, 2.05) is 25.1 Å². The van der Waals surface area contributed by atoms with Crippen LogP contribution in [-0.4, -0.2) is 55.3 Å². The number of nitrogens with one attached hydrogen (secondary N) is 2. The number of aromatic nitrogens is 4. The van der Waals surface area contributed by atoms with Crippen LogP contribution >= 0.6 is 0 Å². The molecule has 0 aromatic carbocycles. The van der Waals surface area contributed by atoms with E-state index in [4.69, 9.17) is 0 Å². The van der Waals surface area contributed by atoms with Crippen molar-refractivity contribution in [2.75, 3.05) is 13.1 Å². The van der Waals surface area contributed by atoms with Crippen LogP contribution in [0.1, 0.15) is 21.9 Å². The van der Waals surface area contributed by atoms with Gasteiger partial charge in [0.05, 0.1) is 11.8 Å². The number of hydrogen-bond donors (Lipinski definition) is 3. The molecule has 3 aromatic rings. The summed E-state index contributed by atoms with van der Waals surface area (Å²) in [4.78, 5) is 21.7. The van der Waals surface area contributed by atoms with Gasteiger partial charge in [-0.25, -0.2) is 4.98 Å². The van der Waals surface area contributed by atoms with Gasteiger partial charge in [0.1, 0.15) is 11.3 Å². The summed E-state index contributed by atoms with van der Waals surface area (Å²) in [6.45, 7) is 2.79. The maximum Gasteiger partial charge on any atom is 0.272 e. The van der Waals surface area contributed by atoms with E-state index in [1.54, 1.807) is 17.2 Å². The van der Waals surface area contributed by atoms with Gasteiger partial charge in [0.25, 0.3) is 5.91 Å². The molecule has 0 aliphatic carbocycles. The molecule has 2 atom stereocenters. The molecule has 1 saturated heterocycles. The highest BCUT2D eigenvalue weighted by Gasteiger charge is 2.35. The lowest BCUT2D eigenvalue weighted by Crippen LogP contribution is -2.30.